The first kappa shape index (κ1) is 14.1. The van der Waals surface area contributed by atoms with E-state index in [9.17, 15) is 13.5 Å². The fourth-order valence-electron chi connectivity index (χ4n) is 2.13. The Morgan fingerprint density at radius 1 is 1.44 bits per heavy atom. The molecule has 3 N–H and O–H groups in total. The van der Waals surface area contributed by atoms with Gasteiger partial charge in [0, 0.05) is 31.9 Å². The summed E-state index contributed by atoms with van der Waals surface area (Å²) in [6.07, 6.45) is -1.09. The molecule has 2 atom stereocenters. The minimum atomic E-state index is -3.49. The van der Waals surface area contributed by atoms with Crippen LogP contribution in [0.3, 0.4) is 0 Å². The lowest BCUT2D eigenvalue weighted by atomic mass is 10.3. The molecule has 0 aromatic heterocycles. The molecule has 0 radical (unpaired) electrons. The third-order valence-corrected chi connectivity index (χ3v) is 7.30. The van der Waals surface area contributed by atoms with Gasteiger partial charge in [-0.25, -0.2) is 8.42 Å². The molecule has 1 saturated heterocycles. The SMILES string of the molecule is CCN1CCN(S(=O)(=O)C2SC=C(N)C2O)CC1. The lowest BCUT2D eigenvalue weighted by Gasteiger charge is -2.35. The lowest BCUT2D eigenvalue weighted by molar-refractivity contribution is 0.190. The van der Waals surface area contributed by atoms with E-state index >= 15 is 0 Å². The van der Waals surface area contributed by atoms with Gasteiger partial charge in [0.15, 0.2) is 4.58 Å². The molecule has 6 nitrogen and oxygen atoms in total. The van der Waals surface area contributed by atoms with Gasteiger partial charge in [0.25, 0.3) is 0 Å². The summed E-state index contributed by atoms with van der Waals surface area (Å²) < 4.78 is 25.3. The number of piperazine rings is 1. The van der Waals surface area contributed by atoms with Crippen molar-refractivity contribution < 1.29 is 13.5 Å². The molecule has 2 aliphatic rings. The molecular weight excluding hydrogens is 274 g/mol. The predicted octanol–water partition coefficient (Wildman–Crippen LogP) is -0.812. The van der Waals surface area contributed by atoms with Crippen LogP contribution < -0.4 is 5.73 Å². The summed E-state index contributed by atoms with van der Waals surface area (Å²) in [5, 5.41) is 11.3. The maximum atomic E-state index is 12.4. The van der Waals surface area contributed by atoms with E-state index in [0.29, 0.717) is 13.1 Å². The predicted molar refractivity (Wildman–Crippen MR) is 72.3 cm³/mol. The van der Waals surface area contributed by atoms with Gasteiger partial charge in [0.2, 0.25) is 10.0 Å². The van der Waals surface area contributed by atoms with Crippen LogP contribution in [-0.2, 0) is 10.0 Å². The highest BCUT2D eigenvalue weighted by molar-refractivity contribution is 8.14. The van der Waals surface area contributed by atoms with Crippen molar-refractivity contribution in [3.63, 3.8) is 0 Å². The van der Waals surface area contributed by atoms with Gasteiger partial charge in [-0.15, -0.1) is 11.8 Å². The number of likely N-dealkylation sites (N-methyl/N-ethyl adjacent to an activating group) is 1. The maximum absolute atomic E-state index is 12.4. The topological polar surface area (TPSA) is 86.9 Å². The molecule has 104 valence electrons. The molecule has 0 saturated carbocycles. The highest BCUT2D eigenvalue weighted by atomic mass is 32.3. The molecule has 0 spiro atoms. The second-order valence-electron chi connectivity index (χ2n) is 4.45. The Morgan fingerprint density at radius 2 is 2.06 bits per heavy atom. The van der Waals surface area contributed by atoms with E-state index in [1.165, 1.54) is 9.71 Å². The lowest BCUT2D eigenvalue weighted by Crippen LogP contribution is -2.52. The van der Waals surface area contributed by atoms with Crippen LogP contribution in [-0.4, -0.2) is 66.1 Å². The van der Waals surface area contributed by atoms with Crippen molar-refractivity contribution >= 4 is 21.8 Å². The molecule has 0 aromatic carbocycles. The van der Waals surface area contributed by atoms with Gasteiger partial charge < -0.3 is 15.7 Å². The molecule has 2 aliphatic heterocycles. The molecule has 2 heterocycles. The molecule has 0 amide bonds. The Kier molecular flexibility index (Phi) is 4.22. The number of aliphatic hydroxyl groups is 1. The summed E-state index contributed by atoms with van der Waals surface area (Å²) in [6.45, 7) is 5.45. The van der Waals surface area contributed by atoms with Gasteiger partial charge in [-0.3, -0.25) is 0 Å². The first-order valence-corrected chi connectivity index (χ1v) is 8.41. The number of sulfonamides is 1. The number of thioether (sulfide) groups is 1. The van der Waals surface area contributed by atoms with Crippen LogP contribution in [0, 0.1) is 0 Å². The first-order chi connectivity index (χ1) is 8.46. The van der Waals surface area contributed by atoms with E-state index in [1.807, 2.05) is 0 Å². The number of hydrogen-bond acceptors (Lipinski definition) is 6. The minimum Gasteiger partial charge on any atom is -0.399 e. The third kappa shape index (κ3) is 2.53. The van der Waals surface area contributed by atoms with Crippen molar-refractivity contribution in [2.45, 2.75) is 17.6 Å². The number of rotatable bonds is 3. The van der Waals surface area contributed by atoms with Gasteiger partial charge in [0.1, 0.15) is 6.10 Å². The number of aliphatic hydroxyl groups excluding tert-OH is 1. The average Bonchev–Trinajstić information content (AvgIpc) is 2.70. The van der Waals surface area contributed by atoms with Crippen molar-refractivity contribution in [2.24, 2.45) is 5.73 Å². The summed E-state index contributed by atoms with van der Waals surface area (Å²) in [5.74, 6) is 0. The summed E-state index contributed by atoms with van der Waals surface area (Å²) >= 11 is 1.09. The number of hydrogen-bond donors (Lipinski definition) is 2. The smallest absolute Gasteiger partial charge is 0.229 e. The second-order valence-corrected chi connectivity index (χ2v) is 7.81. The van der Waals surface area contributed by atoms with Crippen LogP contribution in [0.15, 0.2) is 11.1 Å². The van der Waals surface area contributed by atoms with Crippen LogP contribution >= 0.6 is 11.8 Å². The molecule has 2 rings (SSSR count). The molecule has 0 aliphatic carbocycles. The molecule has 0 aromatic rings. The van der Waals surface area contributed by atoms with Crippen LogP contribution in [0.25, 0.3) is 0 Å². The molecule has 1 fully saturated rings. The highest BCUT2D eigenvalue weighted by Crippen LogP contribution is 2.33. The summed E-state index contributed by atoms with van der Waals surface area (Å²) in [5.41, 5.74) is 5.77. The molecule has 2 unspecified atom stereocenters. The zero-order valence-electron chi connectivity index (χ0n) is 10.3. The van der Waals surface area contributed by atoms with E-state index in [2.05, 4.69) is 11.8 Å². The van der Waals surface area contributed by atoms with Gasteiger partial charge in [-0.05, 0) is 12.0 Å². The molecule has 18 heavy (non-hydrogen) atoms. The monoisotopic (exact) mass is 293 g/mol. The van der Waals surface area contributed by atoms with Crippen molar-refractivity contribution in [1.29, 1.82) is 0 Å². The van der Waals surface area contributed by atoms with Gasteiger partial charge in [-0.1, -0.05) is 6.92 Å². The standard InChI is InChI=1S/C10H19N3O3S2/c1-2-12-3-5-13(6-4-12)18(15,16)10-9(14)8(11)7-17-10/h7,9-10,14H,2-6,11H2,1H3. The Bertz CT molecular complexity index is 430. The van der Waals surface area contributed by atoms with E-state index in [-0.39, 0.29) is 5.70 Å². The van der Waals surface area contributed by atoms with Crippen molar-refractivity contribution in [3.05, 3.63) is 11.1 Å². The Hall–Kier alpha value is -0.280. The van der Waals surface area contributed by atoms with E-state index in [4.69, 9.17) is 5.73 Å². The largest absolute Gasteiger partial charge is 0.399 e. The summed E-state index contributed by atoms with van der Waals surface area (Å²) in [7, 11) is -3.49. The Morgan fingerprint density at radius 3 is 2.50 bits per heavy atom. The maximum Gasteiger partial charge on any atom is 0.229 e. The average molecular weight is 293 g/mol. The Labute approximate surface area is 112 Å². The highest BCUT2D eigenvalue weighted by Gasteiger charge is 2.42. The molecular formula is C10H19N3O3S2. The summed E-state index contributed by atoms with van der Waals surface area (Å²) in [6, 6.07) is 0. The van der Waals surface area contributed by atoms with Crippen LogP contribution in [0.2, 0.25) is 0 Å². The summed E-state index contributed by atoms with van der Waals surface area (Å²) in [4.78, 5) is 2.21. The number of nitrogens with zero attached hydrogens (tertiary/aromatic N) is 2. The van der Waals surface area contributed by atoms with E-state index < -0.39 is 20.7 Å². The Balaban J connectivity index is 2.05. The fourth-order valence-corrected chi connectivity index (χ4v) is 5.41. The van der Waals surface area contributed by atoms with E-state index in [0.717, 1.165) is 31.4 Å². The second kappa shape index (κ2) is 5.38. The first-order valence-electron chi connectivity index (χ1n) is 5.97. The van der Waals surface area contributed by atoms with Crippen LogP contribution in [0.1, 0.15) is 6.92 Å². The normalized spacial score (nSPS) is 31.6. The fraction of sp³-hybridized carbons (Fsp3) is 0.800. The quantitative estimate of drug-likeness (QED) is 0.707. The van der Waals surface area contributed by atoms with Gasteiger partial charge in [0.05, 0.1) is 0 Å². The molecule has 0 bridgehead atoms. The van der Waals surface area contributed by atoms with Crippen LogP contribution in [0.5, 0.6) is 0 Å². The van der Waals surface area contributed by atoms with Gasteiger partial charge >= 0.3 is 0 Å². The van der Waals surface area contributed by atoms with Gasteiger partial charge in [-0.2, -0.15) is 4.31 Å². The zero-order valence-corrected chi connectivity index (χ0v) is 12.0. The van der Waals surface area contributed by atoms with Crippen molar-refractivity contribution in [2.75, 3.05) is 32.7 Å². The van der Waals surface area contributed by atoms with E-state index in [1.54, 1.807) is 0 Å². The third-order valence-electron chi connectivity index (χ3n) is 3.37. The minimum absolute atomic E-state index is 0.237. The molecule has 8 heteroatoms. The number of nitrogens with two attached hydrogens (primary N) is 1. The van der Waals surface area contributed by atoms with Crippen LogP contribution in [0.4, 0.5) is 0 Å². The van der Waals surface area contributed by atoms with Crippen molar-refractivity contribution in [3.8, 4) is 0 Å². The zero-order chi connectivity index (χ0) is 13.3. The van der Waals surface area contributed by atoms with Crippen molar-refractivity contribution in [1.82, 2.24) is 9.21 Å².